The van der Waals surface area contributed by atoms with Crippen LogP contribution in [0.5, 0.6) is 0 Å². The molecule has 0 spiro atoms. The van der Waals surface area contributed by atoms with Crippen LogP contribution in [0.3, 0.4) is 0 Å². The van der Waals surface area contributed by atoms with Crippen LogP contribution in [0.1, 0.15) is 18.4 Å². The molecule has 2 amide bonds. The third kappa shape index (κ3) is 4.81. The van der Waals surface area contributed by atoms with E-state index in [9.17, 15) is 18.0 Å². The van der Waals surface area contributed by atoms with Gasteiger partial charge in [0.15, 0.2) is 0 Å². The molecule has 166 valence electrons. The van der Waals surface area contributed by atoms with Crippen LogP contribution >= 0.6 is 0 Å². The van der Waals surface area contributed by atoms with Gasteiger partial charge < -0.3 is 0 Å². The molecule has 0 unspecified atom stereocenters. The molecule has 0 radical (unpaired) electrons. The predicted molar refractivity (Wildman–Crippen MR) is 122 cm³/mol. The number of hydrogen-bond donors (Lipinski definition) is 2. The topological polar surface area (TPSA) is 95.6 Å². The van der Waals surface area contributed by atoms with Crippen LogP contribution in [0.2, 0.25) is 0 Å². The molecule has 3 aromatic carbocycles. The molecule has 0 aromatic heterocycles. The molecule has 0 bridgehead atoms. The summed E-state index contributed by atoms with van der Waals surface area (Å²) in [5.41, 5.74) is 5.87. The molecular formula is C24H25N3O4S. The fourth-order valence-corrected chi connectivity index (χ4v) is 5.49. The van der Waals surface area contributed by atoms with Crippen molar-refractivity contribution in [1.82, 2.24) is 15.2 Å². The summed E-state index contributed by atoms with van der Waals surface area (Å²) in [6.07, 6.45) is 0.948. The van der Waals surface area contributed by atoms with Gasteiger partial charge >= 0.3 is 0 Å². The number of hydrazine groups is 1. The number of rotatable bonds is 5. The molecule has 0 atom stereocenters. The average molecular weight is 452 g/mol. The maximum absolute atomic E-state index is 12.7. The van der Waals surface area contributed by atoms with Gasteiger partial charge in [0, 0.05) is 19.0 Å². The molecule has 1 aliphatic rings. The fraction of sp³-hybridized carbons (Fsp3) is 0.250. The summed E-state index contributed by atoms with van der Waals surface area (Å²) in [7, 11) is -3.56. The first kappa shape index (κ1) is 22.0. The summed E-state index contributed by atoms with van der Waals surface area (Å²) in [6, 6.07) is 21.9. The molecule has 1 aliphatic heterocycles. The van der Waals surface area contributed by atoms with E-state index in [1.165, 1.54) is 4.31 Å². The van der Waals surface area contributed by atoms with E-state index in [4.69, 9.17) is 0 Å². The van der Waals surface area contributed by atoms with E-state index in [1.807, 2.05) is 42.5 Å². The Balaban J connectivity index is 1.28. The highest BCUT2D eigenvalue weighted by atomic mass is 32.2. The van der Waals surface area contributed by atoms with Crippen molar-refractivity contribution in [2.24, 2.45) is 5.92 Å². The Bertz CT molecular complexity index is 1210. The molecule has 8 heteroatoms. The third-order valence-corrected chi connectivity index (χ3v) is 7.67. The minimum atomic E-state index is -3.56. The molecule has 2 N–H and O–H groups in total. The minimum Gasteiger partial charge on any atom is -0.273 e. The summed E-state index contributed by atoms with van der Waals surface area (Å²) >= 11 is 0. The first-order valence-corrected chi connectivity index (χ1v) is 12.0. The maximum Gasteiger partial charge on any atom is 0.243 e. The van der Waals surface area contributed by atoms with Gasteiger partial charge in [0.2, 0.25) is 21.8 Å². The van der Waals surface area contributed by atoms with Gasteiger partial charge in [-0.05, 0) is 41.3 Å². The van der Waals surface area contributed by atoms with E-state index in [1.54, 1.807) is 30.3 Å². The van der Waals surface area contributed by atoms with Crippen LogP contribution < -0.4 is 10.9 Å². The summed E-state index contributed by atoms with van der Waals surface area (Å²) in [6.45, 7) is 0.526. The first-order chi connectivity index (χ1) is 15.4. The Labute approximate surface area is 187 Å². The van der Waals surface area contributed by atoms with Gasteiger partial charge in [-0.3, -0.25) is 20.4 Å². The Morgan fingerprint density at radius 1 is 0.844 bits per heavy atom. The SMILES string of the molecule is O=C(Cc1cccc2ccccc12)NNC(=O)C1CCN(S(=O)(=O)c2ccccc2)CC1. The lowest BCUT2D eigenvalue weighted by Crippen LogP contribution is -2.48. The van der Waals surface area contributed by atoms with E-state index in [0.29, 0.717) is 12.8 Å². The molecule has 0 saturated carbocycles. The maximum atomic E-state index is 12.7. The number of piperidine rings is 1. The van der Waals surface area contributed by atoms with Crippen molar-refractivity contribution >= 4 is 32.6 Å². The lowest BCUT2D eigenvalue weighted by molar-refractivity contribution is -0.131. The van der Waals surface area contributed by atoms with Gasteiger partial charge in [0.1, 0.15) is 0 Å². The Hall–Kier alpha value is -3.23. The molecule has 1 heterocycles. The largest absolute Gasteiger partial charge is 0.273 e. The standard InChI is InChI=1S/C24H25N3O4S/c28-23(17-20-9-6-8-18-7-4-5-12-22(18)20)25-26-24(29)19-13-15-27(16-14-19)32(30,31)21-10-2-1-3-11-21/h1-12,19H,13-17H2,(H,25,28)(H,26,29). The lowest BCUT2D eigenvalue weighted by atomic mass is 9.97. The summed E-state index contributed by atoms with van der Waals surface area (Å²) < 4.78 is 26.8. The second-order valence-electron chi connectivity index (χ2n) is 7.84. The van der Waals surface area contributed by atoms with E-state index >= 15 is 0 Å². The third-order valence-electron chi connectivity index (χ3n) is 5.76. The molecule has 4 rings (SSSR count). The minimum absolute atomic E-state index is 0.148. The zero-order valence-corrected chi connectivity index (χ0v) is 18.3. The predicted octanol–water partition coefficient (Wildman–Crippen LogP) is 2.63. The molecule has 1 fully saturated rings. The van der Waals surface area contributed by atoms with Crippen LogP contribution in [0.15, 0.2) is 77.7 Å². The molecule has 7 nitrogen and oxygen atoms in total. The number of nitrogens with one attached hydrogen (secondary N) is 2. The van der Waals surface area contributed by atoms with Crippen molar-refractivity contribution in [2.75, 3.05) is 13.1 Å². The zero-order valence-electron chi connectivity index (χ0n) is 17.5. The number of nitrogens with zero attached hydrogens (tertiary/aromatic N) is 1. The van der Waals surface area contributed by atoms with Gasteiger partial charge in [-0.2, -0.15) is 4.31 Å². The summed E-state index contributed by atoms with van der Waals surface area (Å²) in [5, 5.41) is 2.06. The van der Waals surface area contributed by atoms with Crippen LogP contribution in [0.4, 0.5) is 0 Å². The first-order valence-electron chi connectivity index (χ1n) is 10.6. The molecular weight excluding hydrogens is 426 g/mol. The molecule has 32 heavy (non-hydrogen) atoms. The van der Waals surface area contributed by atoms with Gasteiger partial charge in [-0.1, -0.05) is 60.7 Å². The Morgan fingerprint density at radius 2 is 1.50 bits per heavy atom. The smallest absolute Gasteiger partial charge is 0.243 e. The Morgan fingerprint density at radius 3 is 2.25 bits per heavy atom. The quantitative estimate of drug-likeness (QED) is 0.583. The fourth-order valence-electron chi connectivity index (χ4n) is 4.00. The lowest BCUT2D eigenvalue weighted by Gasteiger charge is -2.30. The van der Waals surface area contributed by atoms with E-state index in [0.717, 1.165) is 16.3 Å². The average Bonchev–Trinajstić information content (AvgIpc) is 2.83. The van der Waals surface area contributed by atoms with Crippen molar-refractivity contribution in [3.05, 3.63) is 78.4 Å². The summed E-state index contributed by atoms with van der Waals surface area (Å²) in [5.74, 6) is -0.957. The van der Waals surface area contributed by atoms with Crippen LogP contribution in [0, 0.1) is 5.92 Å². The van der Waals surface area contributed by atoms with Crippen molar-refractivity contribution in [3.8, 4) is 0 Å². The summed E-state index contributed by atoms with van der Waals surface area (Å²) in [4.78, 5) is 25.1. The van der Waals surface area contributed by atoms with Crippen molar-refractivity contribution in [1.29, 1.82) is 0 Å². The number of amides is 2. The second-order valence-corrected chi connectivity index (χ2v) is 9.78. The number of carbonyl (C=O) groups is 2. The highest BCUT2D eigenvalue weighted by Gasteiger charge is 2.32. The van der Waals surface area contributed by atoms with Crippen LogP contribution in [-0.4, -0.2) is 37.6 Å². The molecule has 1 saturated heterocycles. The molecule has 0 aliphatic carbocycles. The Kier molecular flexibility index (Phi) is 6.53. The van der Waals surface area contributed by atoms with E-state index < -0.39 is 10.0 Å². The number of carbonyl (C=O) groups excluding carboxylic acids is 2. The van der Waals surface area contributed by atoms with Crippen molar-refractivity contribution in [3.63, 3.8) is 0 Å². The monoisotopic (exact) mass is 451 g/mol. The number of fused-ring (bicyclic) bond motifs is 1. The van der Waals surface area contributed by atoms with Gasteiger partial charge in [-0.25, -0.2) is 8.42 Å². The van der Waals surface area contributed by atoms with E-state index in [2.05, 4.69) is 10.9 Å². The normalized spacial score (nSPS) is 15.4. The van der Waals surface area contributed by atoms with Crippen molar-refractivity contribution in [2.45, 2.75) is 24.2 Å². The number of benzene rings is 3. The second kappa shape index (κ2) is 9.50. The van der Waals surface area contributed by atoms with Crippen LogP contribution in [-0.2, 0) is 26.0 Å². The zero-order chi connectivity index (χ0) is 22.6. The number of hydrogen-bond acceptors (Lipinski definition) is 4. The van der Waals surface area contributed by atoms with Crippen LogP contribution in [0.25, 0.3) is 10.8 Å². The van der Waals surface area contributed by atoms with E-state index in [-0.39, 0.29) is 42.1 Å². The van der Waals surface area contributed by atoms with Gasteiger partial charge in [0.25, 0.3) is 0 Å². The number of sulfonamides is 1. The van der Waals surface area contributed by atoms with Gasteiger partial charge in [-0.15, -0.1) is 0 Å². The highest BCUT2D eigenvalue weighted by Crippen LogP contribution is 2.24. The van der Waals surface area contributed by atoms with Gasteiger partial charge in [0.05, 0.1) is 11.3 Å². The highest BCUT2D eigenvalue weighted by molar-refractivity contribution is 7.89. The molecule has 3 aromatic rings. The van der Waals surface area contributed by atoms with Crippen molar-refractivity contribution < 1.29 is 18.0 Å².